The predicted octanol–water partition coefficient (Wildman–Crippen LogP) is 1.84. The number of likely N-dealkylation sites (N-methyl/N-ethyl adjacent to an activating group) is 1. The third kappa shape index (κ3) is 4.18. The zero-order valence-electron chi connectivity index (χ0n) is 15.5. The number of aliphatic hydroxyl groups is 1. The van der Waals surface area contributed by atoms with Gasteiger partial charge in [0, 0.05) is 30.9 Å². The Kier molecular flexibility index (Phi) is 4.90. The molecule has 25 heavy (non-hydrogen) atoms. The molecule has 0 spiro atoms. The summed E-state index contributed by atoms with van der Waals surface area (Å²) >= 11 is 0. The standard InChI is InChI=1S/C19H30N2O3S/c1-16-4-6-17(7-5-16)21-11-8-19(22,9-12-21)14-20(3)18(2)10-13-25(23,24)15-18/h4-7,22H,8-15H2,1-3H3/t18-/m1/s1. The number of piperidine rings is 1. The van der Waals surface area contributed by atoms with Crippen molar-refractivity contribution in [3.8, 4) is 0 Å². The average Bonchev–Trinajstić information content (AvgIpc) is 2.84. The number of β-amino-alcohol motifs (C(OH)–C–C–N with tert-alkyl or cyclic N) is 1. The van der Waals surface area contributed by atoms with Crippen molar-refractivity contribution in [1.82, 2.24) is 4.90 Å². The molecule has 0 radical (unpaired) electrons. The highest BCUT2D eigenvalue weighted by Gasteiger charge is 2.44. The molecule has 0 unspecified atom stereocenters. The Bertz CT molecular complexity index is 709. The molecule has 1 aromatic carbocycles. The molecule has 0 bridgehead atoms. The van der Waals surface area contributed by atoms with Crippen LogP contribution in [0.5, 0.6) is 0 Å². The molecule has 0 amide bonds. The molecule has 2 fully saturated rings. The molecule has 1 atom stereocenters. The number of aryl methyl sites for hydroxylation is 1. The highest BCUT2D eigenvalue weighted by Crippen LogP contribution is 2.33. The molecule has 5 nitrogen and oxygen atoms in total. The molecule has 0 aliphatic carbocycles. The summed E-state index contributed by atoms with van der Waals surface area (Å²) in [5.41, 5.74) is 1.35. The molecule has 3 rings (SSSR count). The molecule has 1 N–H and O–H groups in total. The SMILES string of the molecule is Cc1ccc(N2CCC(O)(CN(C)[C@]3(C)CCS(=O)(=O)C3)CC2)cc1. The maximum atomic E-state index is 11.9. The Hall–Kier alpha value is -1.11. The van der Waals surface area contributed by atoms with Gasteiger partial charge in [-0.3, -0.25) is 4.90 Å². The van der Waals surface area contributed by atoms with E-state index in [9.17, 15) is 13.5 Å². The first-order valence-corrected chi connectivity index (χ1v) is 10.9. The summed E-state index contributed by atoms with van der Waals surface area (Å²) in [6, 6.07) is 8.50. The molecule has 0 saturated carbocycles. The van der Waals surface area contributed by atoms with Crippen molar-refractivity contribution in [3.63, 3.8) is 0 Å². The van der Waals surface area contributed by atoms with E-state index in [2.05, 4.69) is 41.0 Å². The van der Waals surface area contributed by atoms with Crippen LogP contribution in [0.15, 0.2) is 24.3 Å². The lowest BCUT2D eigenvalue weighted by atomic mass is 9.88. The lowest BCUT2D eigenvalue weighted by Crippen LogP contribution is -2.55. The fourth-order valence-electron chi connectivity index (χ4n) is 4.02. The quantitative estimate of drug-likeness (QED) is 0.881. The molecule has 1 aromatic rings. The second-order valence-corrected chi connectivity index (χ2v) is 10.4. The number of sulfone groups is 1. The van der Waals surface area contributed by atoms with Crippen LogP contribution in [0.3, 0.4) is 0 Å². The maximum Gasteiger partial charge on any atom is 0.152 e. The Labute approximate surface area is 151 Å². The minimum absolute atomic E-state index is 0.196. The Balaban J connectivity index is 1.60. The summed E-state index contributed by atoms with van der Waals surface area (Å²) in [6.45, 7) is 6.26. The summed E-state index contributed by atoms with van der Waals surface area (Å²) in [4.78, 5) is 4.38. The van der Waals surface area contributed by atoms with E-state index in [1.54, 1.807) is 0 Å². The zero-order chi connectivity index (χ0) is 18.3. The van der Waals surface area contributed by atoms with Crippen LogP contribution in [-0.2, 0) is 9.84 Å². The topological polar surface area (TPSA) is 60.9 Å². The highest BCUT2D eigenvalue weighted by atomic mass is 32.2. The number of hydrogen-bond acceptors (Lipinski definition) is 5. The summed E-state index contributed by atoms with van der Waals surface area (Å²) < 4.78 is 23.7. The Morgan fingerprint density at radius 2 is 1.76 bits per heavy atom. The van der Waals surface area contributed by atoms with Crippen LogP contribution >= 0.6 is 0 Å². The largest absolute Gasteiger partial charge is 0.388 e. The van der Waals surface area contributed by atoms with Gasteiger partial charge in [-0.1, -0.05) is 17.7 Å². The van der Waals surface area contributed by atoms with Gasteiger partial charge in [-0.25, -0.2) is 8.42 Å². The van der Waals surface area contributed by atoms with Crippen molar-refractivity contribution in [2.45, 2.75) is 44.2 Å². The number of anilines is 1. The van der Waals surface area contributed by atoms with Crippen LogP contribution in [-0.4, -0.2) is 67.8 Å². The molecule has 6 heteroatoms. The third-order valence-corrected chi connectivity index (χ3v) is 7.92. The molecular weight excluding hydrogens is 336 g/mol. The van der Waals surface area contributed by atoms with Gasteiger partial charge in [-0.2, -0.15) is 0 Å². The van der Waals surface area contributed by atoms with Gasteiger partial charge in [0.05, 0.1) is 17.1 Å². The van der Waals surface area contributed by atoms with E-state index >= 15 is 0 Å². The van der Waals surface area contributed by atoms with Crippen LogP contribution < -0.4 is 4.90 Å². The van der Waals surface area contributed by atoms with Gasteiger partial charge in [-0.05, 0) is 52.3 Å². The summed E-state index contributed by atoms with van der Waals surface area (Å²) in [7, 11) is -0.990. The fraction of sp³-hybridized carbons (Fsp3) is 0.684. The van der Waals surface area contributed by atoms with Crippen LogP contribution in [0.25, 0.3) is 0 Å². The molecular formula is C19H30N2O3S. The van der Waals surface area contributed by atoms with Gasteiger partial charge in [0.15, 0.2) is 9.84 Å². The van der Waals surface area contributed by atoms with Gasteiger partial charge in [0.25, 0.3) is 0 Å². The second kappa shape index (κ2) is 6.56. The van der Waals surface area contributed by atoms with E-state index in [-0.39, 0.29) is 17.0 Å². The van der Waals surface area contributed by atoms with Crippen LogP contribution in [0.1, 0.15) is 31.7 Å². The molecule has 2 heterocycles. The van der Waals surface area contributed by atoms with E-state index in [1.165, 1.54) is 11.3 Å². The smallest absolute Gasteiger partial charge is 0.152 e. The van der Waals surface area contributed by atoms with E-state index in [1.807, 2.05) is 14.0 Å². The Morgan fingerprint density at radius 3 is 2.28 bits per heavy atom. The van der Waals surface area contributed by atoms with Gasteiger partial charge >= 0.3 is 0 Å². The molecule has 2 aliphatic heterocycles. The third-order valence-electron chi connectivity index (χ3n) is 6.03. The molecule has 2 saturated heterocycles. The second-order valence-electron chi connectivity index (χ2n) is 8.24. The lowest BCUT2D eigenvalue weighted by Gasteiger charge is -2.44. The van der Waals surface area contributed by atoms with Crippen molar-refractivity contribution in [3.05, 3.63) is 29.8 Å². The first-order valence-electron chi connectivity index (χ1n) is 9.07. The van der Waals surface area contributed by atoms with Gasteiger partial charge in [0.1, 0.15) is 0 Å². The number of nitrogens with zero attached hydrogens (tertiary/aromatic N) is 2. The first-order chi connectivity index (χ1) is 11.6. The lowest BCUT2D eigenvalue weighted by molar-refractivity contribution is -0.0312. The summed E-state index contributed by atoms with van der Waals surface area (Å²) in [5, 5.41) is 11.0. The van der Waals surface area contributed by atoms with Crippen LogP contribution in [0.2, 0.25) is 0 Å². The van der Waals surface area contributed by atoms with Gasteiger partial charge in [0.2, 0.25) is 0 Å². The number of rotatable bonds is 4. The van der Waals surface area contributed by atoms with Crippen molar-refractivity contribution >= 4 is 15.5 Å². The normalized spacial score (nSPS) is 28.4. The zero-order valence-corrected chi connectivity index (χ0v) is 16.3. The average molecular weight is 367 g/mol. The fourth-order valence-corrected chi connectivity index (χ4v) is 6.23. The van der Waals surface area contributed by atoms with Crippen molar-refractivity contribution < 1.29 is 13.5 Å². The van der Waals surface area contributed by atoms with Crippen molar-refractivity contribution in [1.29, 1.82) is 0 Å². The monoisotopic (exact) mass is 366 g/mol. The Morgan fingerprint density at radius 1 is 1.16 bits per heavy atom. The predicted molar refractivity (Wildman–Crippen MR) is 102 cm³/mol. The van der Waals surface area contributed by atoms with E-state index in [4.69, 9.17) is 0 Å². The van der Waals surface area contributed by atoms with Crippen LogP contribution in [0.4, 0.5) is 5.69 Å². The minimum Gasteiger partial charge on any atom is -0.388 e. The molecule has 2 aliphatic rings. The van der Waals surface area contributed by atoms with Gasteiger partial charge < -0.3 is 10.0 Å². The van der Waals surface area contributed by atoms with E-state index in [0.29, 0.717) is 25.8 Å². The van der Waals surface area contributed by atoms with E-state index < -0.39 is 15.4 Å². The minimum atomic E-state index is -2.94. The van der Waals surface area contributed by atoms with Crippen LogP contribution in [0, 0.1) is 6.92 Å². The summed E-state index contributed by atoms with van der Waals surface area (Å²) in [6.07, 6.45) is 2.06. The number of hydrogen-bond donors (Lipinski definition) is 1. The molecule has 0 aromatic heterocycles. The van der Waals surface area contributed by atoms with Crippen molar-refractivity contribution in [2.75, 3.05) is 43.1 Å². The van der Waals surface area contributed by atoms with E-state index in [0.717, 1.165) is 13.1 Å². The maximum absolute atomic E-state index is 11.9. The summed E-state index contributed by atoms with van der Waals surface area (Å²) in [5.74, 6) is 0.454. The highest BCUT2D eigenvalue weighted by molar-refractivity contribution is 7.91. The first kappa shape index (κ1) is 18.7. The van der Waals surface area contributed by atoms with Crippen molar-refractivity contribution in [2.24, 2.45) is 0 Å². The van der Waals surface area contributed by atoms with Gasteiger partial charge in [-0.15, -0.1) is 0 Å². The molecule has 140 valence electrons. The number of benzene rings is 1.